The fraction of sp³-hybridized carbons (Fsp3) is 0.250. The van der Waals surface area contributed by atoms with Crippen LogP contribution in [0.2, 0.25) is 0 Å². The molecular weight excluding hydrogens is 207 g/mol. The summed E-state index contributed by atoms with van der Waals surface area (Å²) in [6.07, 6.45) is 1.73. The summed E-state index contributed by atoms with van der Waals surface area (Å²) in [7, 11) is 1.59. The molecule has 2 rings (SSSR count). The van der Waals surface area contributed by atoms with Gasteiger partial charge < -0.3 is 9.88 Å². The summed E-state index contributed by atoms with van der Waals surface area (Å²) in [6.45, 7) is 1.78. The van der Waals surface area contributed by atoms with Gasteiger partial charge in [0.1, 0.15) is 11.9 Å². The van der Waals surface area contributed by atoms with Crippen LogP contribution in [0.5, 0.6) is 0 Å². The second-order valence-corrected chi connectivity index (χ2v) is 3.69. The van der Waals surface area contributed by atoms with Crippen molar-refractivity contribution in [2.24, 2.45) is 0 Å². The third-order valence-electron chi connectivity index (χ3n) is 2.75. The van der Waals surface area contributed by atoms with E-state index in [1.165, 1.54) is 6.07 Å². The summed E-state index contributed by atoms with van der Waals surface area (Å²) in [5.74, 6) is -0.359. The third-order valence-corrected chi connectivity index (χ3v) is 2.75. The minimum Gasteiger partial charge on any atom is -0.357 e. The number of hydrogen-bond acceptors (Lipinski definition) is 1. The average Bonchev–Trinajstić information content (AvgIpc) is 2.72. The number of fused-ring (bicyclic) bond motifs is 1. The van der Waals surface area contributed by atoms with E-state index in [-0.39, 0.29) is 17.8 Å². The van der Waals surface area contributed by atoms with Gasteiger partial charge in [0, 0.05) is 18.6 Å². The Hall–Kier alpha value is -1.84. The Labute approximate surface area is 92.9 Å². The molecule has 2 aromatic rings. The van der Waals surface area contributed by atoms with E-state index in [0.717, 1.165) is 5.52 Å². The highest BCUT2D eigenvalue weighted by Crippen LogP contribution is 2.22. The van der Waals surface area contributed by atoms with Gasteiger partial charge in [-0.1, -0.05) is 6.07 Å². The quantitative estimate of drug-likeness (QED) is 0.826. The van der Waals surface area contributed by atoms with E-state index in [4.69, 9.17) is 0 Å². The van der Waals surface area contributed by atoms with Crippen molar-refractivity contribution < 1.29 is 9.18 Å². The number of aromatic nitrogens is 1. The molecule has 1 heterocycles. The number of halogens is 1. The molecule has 0 aliphatic rings. The Bertz CT molecular complexity index is 533. The van der Waals surface area contributed by atoms with Gasteiger partial charge in [0.05, 0.1) is 5.52 Å². The highest BCUT2D eigenvalue weighted by molar-refractivity contribution is 5.85. The first-order chi connectivity index (χ1) is 7.65. The Morgan fingerprint density at radius 2 is 2.19 bits per heavy atom. The van der Waals surface area contributed by atoms with Crippen molar-refractivity contribution in [1.29, 1.82) is 0 Å². The number of carbonyl (C=O) groups is 1. The summed E-state index contributed by atoms with van der Waals surface area (Å²) in [5, 5.41) is 3.12. The number of hydrogen-bond donors (Lipinski definition) is 1. The SMILES string of the molecule is CNC(=O)C(C)n1ccc2c(F)cccc21. The van der Waals surface area contributed by atoms with Crippen LogP contribution in [-0.4, -0.2) is 17.5 Å². The zero-order valence-corrected chi connectivity index (χ0v) is 9.20. The molecule has 0 aliphatic carbocycles. The van der Waals surface area contributed by atoms with Crippen LogP contribution in [0.15, 0.2) is 30.5 Å². The molecule has 0 bridgehead atoms. The van der Waals surface area contributed by atoms with Crippen molar-refractivity contribution in [2.75, 3.05) is 7.05 Å². The molecule has 0 fully saturated rings. The molecule has 84 valence electrons. The van der Waals surface area contributed by atoms with E-state index in [0.29, 0.717) is 5.39 Å². The van der Waals surface area contributed by atoms with Gasteiger partial charge in [0.15, 0.2) is 0 Å². The highest BCUT2D eigenvalue weighted by Gasteiger charge is 2.15. The fourth-order valence-corrected chi connectivity index (χ4v) is 1.82. The molecule has 1 amide bonds. The highest BCUT2D eigenvalue weighted by atomic mass is 19.1. The summed E-state index contributed by atoms with van der Waals surface area (Å²) >= 11 is 0. The molecule has 1 atom stereocenters. The first kappa shape index (κ1) is 10.7. The van der Waals surface area contributed by atoms with Crippen LogP contribution in [0.4, 0.5) is 4.39 Å². The zero-order chi connectivity index (χ0) is 11.7. The molecule has 3 nitrogen and oxygen atoms in total. The number of likely N-dealkylation sites (N-methyl/N-ethyl adjacent to an activating group) is 1. The summed E-state index contributed by atoms with van der Waals surface area (Å²) in [6, 6.07) is 6.20. The van der Waals surface area contributed by atoms with Gasteiger partial charge in [-0.05, 0) is 25.1 Å². The molecule has 1 aromatic carbocycles. The van der Waals surface area contributed by atoms with E-state index < -0.39 is 0 Å². The minimum atomic E-state index is -0.343. The average molecular weight is 220 g/mol. The van der Waals surface area contributed by atoms with E-state index in [2.05, 4.69) is 5.32 Å². The van der Waals surface area contributed by atoms with Crippen molar-refractivity contribution >= 4 is 16.8 Å². The van der Waals surface area contributed by atoms with Gasteiger partial charge in [-0.3, -0.25) is 4.79 Å². The summed E-state index contributed by atoms with van der Waals surface area (Å²) < 4.78 is 15.2. The predicted molar refractivity (Wildman–Crippen MR) is 60.7 cm³/mol. The smallest absolute Gasteiger partial charge is 0.242 e. The first-order valence-electron chi connectivity index (χ1n) is 5.12. The van der Waals surface area contributed by atoms with Crippen molar-refractivity contribution in [3.63, 3.8) is 0 Å². The van der Waals surface area contributed by atoms with E-state index in [9.17, 15) is 9.18 Å². The number of rotatable bonds is 2. The van der Waals surface area contributed by atoms with Crippen LogP contribution in [0.25, 0.3) is 10.9 Å². The maximum atomic E-state index is 13.4. The lowest BCUT2D eigenvalue weighted by atomic mass is 10.2. The third kappa shape index (κ3) is 1.56. The van der Waals surface area contributed by atoms with E-state index >= 15 is 0 Å². The number of nitrogens with zero attached hydrogens (tertiary/aromatic N) is 1. The maximum Gasteiger partial charge on any atom is 0.242 e. The number of amides is 1. The summed E-state index contributed by atoms with van der Waals surface area (Å²) in [4.78, 5) is 11.5. The van der Waals surface area contributed by atoms with Gasteiger partial charge in [0.2, 0.25) is 5.91 Å². The Kier molecular flexibility index (Phi) is 2.64. The lowest BCUT2D eigenvalue weighted by molar-refractivity contribution is -0.123. The van der Waals surface area contributed by atoms with Crippen molar-refractivity contribution in [3.8, 4) is 0 Å². The number of nitrogens with one attached hydrogen (secondary N) is 1. The van der Waals surface area contributed by atoms with Crippen LogP contribution < -0.4 is 5.32 Å². The van der Waals surface area contributed by atoms with Crippen molar-refractivity contribution in [1.82, 2.24) is 9.88 Å². The molecule has 0 aliphatic heterocycles. The molecule has 1 N–H and O–H groups in total. The summed E-state index contributed by atoms with van der Waals surface area (Å²) in [5.41, 5.74) is 0.733. The topological polar surface area (TPSA) is 34.0 Å². The largest absolute Gasteiger partial charge is 0.357 e. The standard InChI is InChI=1S/C12H13FN2O/c1-8(12(16)14-2)15-7-6-9-10(13)4-3-5-11(9)15/h3-8H,1-2H3,(H,14,16). The van der Waals surface area contributed by atoms with E-state index in [1.54, 1.807) is 42.9 Å². The minimum absolute atomic E-state index is 0.0956. The molecule has 0 saturated heterocycles. The van der Waals surface area contributed by atoms with Gasteiger partial charge in [-0.15, -0.1) is 0 Å². The molecule has 1 aromatic heterocycles. The van der Waals surface area contributed by atoms with Gasteiger partial charge in [0.25, 0.3) is 0 Å². The zero-order valence-electron chi connectivity index (χ0n) is 9.20. The predicted octanol–water partition coefficient (Wildman–Crippen LogP) is 2.09. The molecule has 0 saturated carbocycles. The van der Waals surface area contributed by atoms with Crippen molar-refractivity contribution in [3.05, 3.63) is 36.3 Å². The lowest BCUT2D eigenvalue weighted by Gasteiger charge is -2.13. The Balaban J connectivity index is 2.54. The van der Waals surface area contributed by atoms with Crippen LogP contribution in [0.3, 0.4) is 0 Å². The van der Waals surface area contributed by atoms with Crippen molar-refractivity contribution in [2.45, 2.75) is 13.0 Å². The first-order valence-corrected chi connectivity index (χ1v) is 5.12. The molecular formula is C12H13FN2O. The van der Waals surface area contributed by atoms with Crippen LogP contribution in [-0.2, 0) is 4.79 Å². The monoisotopic (exact) mass is 220 g/mol. The maximum absolute atomic E-state index is 13.4. The van der Waals surface area contributed by atoms with Gasteiger partial charge >= 0.3 is 0 Å². The molecule has 4 heteroatoms. The normalized spacial score (nSPS) is 12.7. The van der Waals surface area contributed by atoms with Crippen LogP contribution >= 0.6 is 0 Å². The molecule has 1 unspecified atom stereocenters. The molecule has 16 heavy (non-hydrogen) atoms. The molecule has 0 radical (unpaired) electrons. The Morgan fingerprint density at radius 3 is 2.88 bits per heavy atom. The second kappa shape index (κ2) is 3.96. The number of carbonyl (C=O) groups excluding carboxylic acids is 1. The second-order valence-electron chi connectivity index (χ2n) is 3.69. The number of benzene rings is 1. The van der Waals surface area contributed by atoms with Crippen LogP contribution in [0.1, 0.15) is 13.0 Å². The van der Waals surface area contributed by atoms with Crippen LogP contribution in [0, 0.1) is 5.82 Å². The van der Waals surface area contributed by atoms with E-state index in [1.807, 2.05) is 0 Å². The van der Waals surface area contributed by atoms with Gasteiger partial charge in [-0.25, -0.2) is 4.39 Å². The lowest BCUT2D eigenvalue weighted by Crippen LogP contribution is -2.27. The van der Waals surface area contributed by atoms with Gasteiger partial charge in [-0.2, -0.15) is 0 Å². The molecule has 0 spiro atoms. The fourth-order valence-electron chi connectivity index (χ4n) is 1.82. The Morgan fingerprint density at radius 1 is 1.44 bits per heavy atom.